The van der Waals surface area contributed by atoms with Crippen molar-refractivity contribution in [2.45, 2.75) is 12.5 Å². The lowest BCUT2D eigenvalue weighted by Crippen LogP contribution is -2.29. The Hall–Kier alpha value is -3.92. The number of fused-ring (bicyclic) bond motifs is 1. The molecule has 3 heterocycles. The molecule has 1 atom stereocenters. The number of ether oxygens (including phenoxy) is 1. The molecule has 1 saturated heterocycles. The standard InChI is InChI=1S/C23H19F2N5O3/c1-33-16-6-7-29(11-16)23(32)13-2-4-15(5-3-13)30-12-21(27-28-30)17-8-14-9-18(24)19(25)10-20(14)26-22(17)31/h2-5,8-10,12,16H,6-7,11H2,1H3,(H,26,31). The van der Waals surface area contributed by atoms with Gasteiger partial charge in [0.15, 0.2) is 11.6 Å². The number of nitrogens with one attached hydrogen (secondary N) is 1. The first-order chi connectivity index (χ1) is 15.9. The van der Waals surface area contributed by atoms with Gasteiger partial charge in [0.1, 0.15) is 5.69 Å². The van der Waals surface area contributed by atoms with Crippen LogP contribution in [0.4, 0.5) is 8.78 Å². The van der Waals surface area contributed by atoms with E-state index >= 15 is 0 Å². The zero-order chi connectivity index (χ0) is 23.1. The summed E-state index contributed by atoms with van der Waals surface area (Å²) >= 11 is 0. The van der Waals surface area contributed by atoms with E-state index in [1.807, 2.05) is 0 Å². The average Bonchev–Trinajstić information content (AvgIpc) is 3.50. The summed E-state index contributed by atoms with van der Waals surface area (Å²) in [4.78, 5) is 29.4. The van der Waals surface area contributed by atoms with Crippen LogP contribution in [0.1, 0.15) is 16.8 Å². The Morgan fingerprint density at radius 1 is 1.15 bits per heavy atom. The highest BCUT2D eigenvalue weighted by Gasteiger charge is 2.26. The first kappa shape index (κ1) is 21.0. The van der Waals surface area contributed by atoms with E-state index in [4.69, 9.17) is 4.74 Å². The molecule has 33 heavy (non-hydrogen) atoms. The predicted molar refractivity (Wildman–Crippen MR) is 116 cm³/mol. The summed E-state index contributed by atoms with van der Waals surface area (Å²) in [6.45, 7) is 1.22. The fraction of sp³-hybridized carbons (Fsp3) is 0.217. The van der Waals surface area contributed by atoms with Gasteiger partial charge < -0.3 is 14.6 Å². The molecule has 1 aliphatic heterocycles. The summed E-state index contributed by atoms with van der Waals surface area (Å²) in [5.74, 6) is -2.11. The molecular formula is C23H19F2N5O3. The molecule has 0 bridgehead atoms. The molecule has 1 amide bonds. The number of nitrogens with zero attached hydrogens (tertiary/aromatic N) is 4. The molecule has 168 valence electrons. The predicted octanol–water partition coefficient (Wildman–Crippen LogP) is 2.91. The smallest absolute Gasteiger partial charge is 0.258 e. The minimum absolute atomic E-state index is 0.0632. The molecule has 2 aromatic heterocycles. The van der Waals surface area contributed by atoms with Crippen molar-refractivity contribution < 1.29 is 18.3 Å². The Balaban J connectivity index is 1.40. The summed E-state index contributed by atoms with van der Waals surface area (Å²) in [6, 6.07) is 10.3. The number of hydrogen-bond donors (Lipinski definition) is 1. The van der Waals surface area contributed by atoms with Crippen LogP contribution in [-0.2, 0) is 4.74 Å². The molecule has 1 aliphatic rings. The molecule has 1 unspecified atom stereocenters. The lowest BCUT2D eigenvalue weighted by atomic mass is 10.1. The Labute approximate surface area is 186 Å². The van der Waals surface area contributed by atoms with E-state index in [0.29, 0.717) is 29.7 Å². The second-order valence-electron chi connectivity index (χ2n) is 7.86. The lowest BCUT2D eigenvalue weighted by molar-refractivity contribution is 0.0724. The summed E-state index contributed by atoms with van der Waals surface area (Å²) < 4.78 is 33.8. The number of H-pyrrole nitrogens is 1. The number of methoxy groups -OCH3 is 1. The van der Waals surface area contributed by atoms with Gasteiger partial charge in [-0.05, 0) is 42.8 Å². The third-order valence-electron chi connectivity index (χ3n) is 5.80. The molecule has 0 spiro atoms. The summed E-state index contributed by atoms with van der Waals surface area (Å²) in [7, 11) is 1.64. The van der Waals surface area contributed by atoms with E-state index in [9.17, 15) is 18.4 Å². The first-order valence-corrected chi connectivity index (χ1v) is 10.3. The van der Waals surface area contributed by atoms with Gasteiger partial charge >= 0.3 is 0 Å². The van der Waals surface area contributed by atoms with Crippen LogP contribution in [0.3, 0.4) is 0 Å². The van der Waals surface area contributed by atoms with Crippen molar-refractivity contribution in [1.82, 2.24) is 24.9 Å². The Morgan fingerprint density at radius 3 is 2.64 bits per heavy atom. The average molecular weight is 451 g/mol. The number of benzene rings is 2. The SMILES string of the molecule is COC1CCN(C(=O)c2ccc(-n3cc(-c4cc5cc(F)c(F)cc5[nH]c4=O)nn3)cc2)C1. The molecule has 2 aromatic carbocycles. The molecule has 0 aliphatic carbocycles. The van der Waals surface area contributed by atoms with Gasteiger partial charge in [0.2, 0.25) is 0 Å². The summed E-state index contributed by atoms with van der Waals surface area (Å²) in [6.07, 6.45) is 2.43. The number of rotatable bonds is 4. The van der Waals surface area contributed by atoms with Crippen LogP contribution in [0.5, 0.6) is 0 Å². The molecule has 0 saturated carbocycles. The number of amides is 1. The molecular weight excluding hydrogens is 432 g/mol. The van der Waals surface area contributed by atoms with Crippen molar-refractivity contribution in [2.24, 2.45) is 0 Å². The van der Waals surface area contributed by atoms with Crippen LogP contribution in [0.15, 0.2) is 53.5 Å². The maximum absolute atomic E-state index is 13.6. The third-order valence-corrected chi connectivity index (χ3v) is 5.80. The van der Waals surface area contributed by atoms with E-state index in [1.54, 1.807) is 42.5 Å². The fourth-order valence-electron chi connectivity index (χ4n) is 3.95. The maximum Gasteiger partial charge on any atom is 0.258 e. The highest BCUT2D eigenvalue weighted by Crippen LogP contribution is 2.22. The van der Waals surface area contributed by atoms with Gasteiger partial charge in [-0.15, -0.1) is 5.10 Å². The fourth-order valence-corrected chi connectivity index (χ4v) is 3.95. The Morgan fingerprint density at radius 2 is 1.91 bits per heavy atom. The summed E-state index contributed by atoms with van der Waals surface area (Å²) in [5, 5.41) is 8.43. The van der Waals surface area contributed by atoms with Gasteiger partial charge in [-0.25, -0.2) is 13.5 Å². The second kappa shape index (κ2) is 8.21. The molecule has 8 nitrogen and oxygen atoms in total. The van der Waals surface area contributed by atoms with Crippen LogP contribution >= 0.6 is 0 Å². The zero-order valence-electron chi connectivity index (χ0n) is 17.6. The van der Waals surface area contributed by atoms with E-state index in [0.717, 1.165) is 18.6 Å². The maximum atomic E-state index is 13.6. The third kappa shape index (κ3) is 3.89. The molecule has 5 rings (SSSR count). The number of aromatic nitrogens is 4. The number of hydrogen-bond acceptors (Lipinski definition) is 5. The van der Waals surface area contributed by atoms with Crippen molar-refractivity contribution in [1.29, 1.82) is 0 Å². The van der Waals surface area contributed by atoms with E-state index in [2.05, 4.69) is 15.3 Å². The van der Waals surface area contributed by atoms with Crippen molar-refractivity contribution in [3.8, 4) is 16.9 Å². The highest BCUT2D eigenvalue weighted by molar-refractivity contribution is 5.94. The van der Waals surface area contributed by atoms with E-state index in [-0.39, 0.29) is 28.8 Å². The second-order valence-corrected chi connectivity index (χ2v) is 7.86. The van der Waals surface area contributed by atoms with Crippen LogP contribution in [0.2, 0.25) is 0 Å². The number of likely N-dealkylation sites (tertiary alicyclic amines) is 1. The van der Waals surface area contributed by atoms with Gasteiger partial charge in [0, 0.05) is 37.2 Å². The van der Waals surface area contributed by atoms with Gasteiger partial charge in [0.05, 0.1) is 29.1 Å². The largest absolute Gasteiger partial charge is 0.380 e. The van der Waals surface area contributed by atoms with Gasteiger partial charge in [0.25, 0.3) is 11.5 Å². The molecule has 4 aromatic rings. The number of carbonyl (C=O) groups is 1. The van der Waals surface area contributed by atoms with Gasteiger partial charge in [-0.2, -0.15) is 0 Å². The minimum Gasteiger partial charge on any atom is -0.380 e. The topological polar surface area (TPSA) is 93.1 Å². The number of carbonyl (C=O) groups excluding carboxylic acids is 1. The van der Waals surface area contributed by atoms with Crippen molar-refractivity contribution in [3.63, 3.8) is 0 Å². The van der Waals surface area contributed by atoms with Gasteiger partial charge in [-0.3, -0.25) is 9.59 Å². The van der Waals surface area contributed by atoms with E-state index in [1.165, 1.54) is 10.7 Å². The zero-order valence-corrected chi connectivity index (χ0v) is 17.6. The van der Waals surface area contributed by atoms with Crippen molar-refractivity contribution in [3.05, 3.63) is 76.2 Å². The van der Waals surface area contributed by atoms with Gasteiger partial charge in [-0.1, -0.05) is 5.21 Å². The molecule has 10 heteroatoms. The molecule has 1 N–H and O–H groups in total. The van der Waals surface area contributed by atoms with Crippen LogP contribution in [0.25, 0.3) is 27.8 Å². The van der Waals surface area contributed by atoms with E-state index < -0.39 is 17.2 Å². The monoisotopic (exact) mass is 451 g/mol. The minimum atomic E-state index is -1.04. The normalized spacial score (nSPS) is 16.0. The summed E-state index contributed by atoms with van der Waals surface area (Å²) in [5.41, 5.74) is 1.33. The van der Waals surface area contributed by atoms with Crippen molar-refractivity contribution >= 4 is 16.8 Å². The Bertz CT molecular complexity index is 1410. The van der Waals surface area contributed by atoms with Crippen molar-refractivity contribution in [2.75, 3.05) is 20.2 Å². The molecule has 0 radical (unpaired) electrons. The van der Waals surface area contributed by atoms with Crippen LogP contribution in [0, 0.1) is 11.6 Å². The van der Waals surface area contributed by atoms with Crippen LogP contribution in [-0.4, -0.2) is 57.1 Å². The highest BCUT2D eigenvalue weighted by atomic mass is 19.2. The molecule has 1 fully saturated rings. The van der Waals surface area contributed by atoms with Crippen LogP contribution < -0.4 is 5.56 Å². The number of halogens is 2. The first-order valence-electron chi connectivity index (χ1n) is 10.3. The quantitative estimate of drug-likeness (QED) is 0.515. The lowest BCUT2D eigenvalue weighted by Gasteiger charge is -2.16. The number of pyridine rings is 1. The number of aromatic amines is 1. The Kier molecular flexibility index (Phi) is 5.21.